The number of nitrogens with zero attached hydrogens (tertiary/aromatic N) is 1. The highest BCUT2D eigenvalue weighted by Crippen LogP contribution is 2.41. The van der Waals surface area contributed by atoms with Gasteiger partial charge in [0.1, 0.15) is 17.8 Å². The maximum absolute atomic E-state index is 12.8. The van der Waals surface area contributed by atoms with Crippen LogP contribution in [0.25, 0.3) is 0 Å². The Morgan fingerprint density at radius 1 is 0.959 bits per heavy atom. The molecule has 1 aromatic carbocycles. The van der Waals surface area contributed by atoms with E-state index >= 15 is 0 Å². The van der Waals surface area contributed by atoms with E-state index in [2.05, 4.69) is 98.6 Å². The SMILES string of the molecule is CCCCCCCCCCCCCOCNCCc1cc(Br)c(OCCCNC(=O)C2=NOC3(CC(Br)=C(OC)C(Br)=CO3)C2O)c(Br)c1. The highest BCUT2D eigenvalue weighted by molar-refractivity contribution is 9.12. The van der Waals surface area contributed by atoms with Crippen molar-refractivity contribution in [1.29, 1.82) is 0 Å². The van der Waals surface area contributed by atoms with Gasteiger partial charge in [-0.1, -0.05) is 92.2 Å². The number of oxime groups is 1. The van der Waals surface area contributed by atoms with E-state index < -0.39 is 17.8 Å². The van der Waals surface area contributed by atoms with E-state index in [0.717, 1.165) is 40.5 Å². The van der Waals surface area contributed by atoms with Gasteiger partial charge in [-0.05, 0) is 84.7 Å². The van der Waals surface area contributed by atoms with Gasteiger partial charge in [0.05, 0.1) is 40.3 Å². The minimum absolute atomic E-state index is 0.0735. The predicted octanol–water partition coefficient (Wildman–Crippen LogP) is 8.87. The third-order valence-corrected chi connectivity index (χ3v) is 10.6. The number of halogens is 4. The molecular formula is C35H51Br4N3O7. The lowest BCUT2D eigenvalue weighted by Crippen LogP contribution is -2.49. The molecule has 0 aromatic heterocycles. The van der Waals surface area contributed by atoms with Crippen molar-refractivity contribution in [1.82, 2.24) is 10.6 Å². The van der Waals surface area contributed by atoms with Crippen LogP contribution < -0.4 is 15.4 Å². The molecule has 2 unspecified atom stereocenters. The summed E-state index contributed by atoms with van der Waals surface area (Å²) in [5.74, 6) is -0.953. The molecule has 2 aliphatic heterocycles. The first-order valence-corrected chi connectivity index (χ1v) is 20.5. The number of rotatable bonds is 24. The minimum Gasteiger partial charge on any atom is -0.495 e. The predicted molar refractivity (Wildman–Crippen MR) is 207 cm³/mol. The van der Waals surface area contributed by atoms with Gasteiger partial charge >= 0.3 is 5.79 Å². The van der Waals surface area contributed by atoms with Crippen LogP contribution >= 0.6 is 63.7 Å². The van der Waals surface area contributed by atoms with E-state index in [1.165, 1.54) is 77.6 Å². The number of benzene rings is 1. The number of amides is 1. The van der Waals surface area contributed by atoms with E-state index in [9.17, 15) is 9.90 Å². The average Bonchev–Trinajstić information content (AvgIpc) is 3.32. The first-order valence-electron chi connectivity index (χ1n) is 17.3. The molecule has 2 aliphatic rings. The molecule has 2 atom stereocenters. The van der Waals surface area contributed by atoms with E-state index in [0.29, 0.717) is 46.8 Å². The van der Waals surface area contributed by atoms with E-state index in [1.807, 2.05) is 0 Å². The summed E-state index contributed by atoms with van der Waals surface area (Å²) < 4.78 is 25.6. The van der Waals surface area contributed by atoms with E-state index in [-0.39, 0.29) is 12.1 Å². The van der Waals surface area contributed by atoms with Crippen molar-refractivity contribution < 1.29 is 33.7 Å². The maximum atomic E-state index is 12.8. The van der Waals surface area contributed by atoms with Gasteiger partial charge in [0.25, 0.3) is 5.91 Å². The Hall–Kier alpha value is -1.16. The largest absolute Gasteiger partial charge is 0.495 e. The van der Waals surface area contributed by atoms with Crippen molar-refractivity contribution in [2.24, 2.45) is 5.16 Å². The summed E-state index contributed by atoms with van der Waals surface area (Å²) in [6.45, 7) is 5.12. The normalized spacial score (nSPS) is 18.9. The topological polar surface area (TPSA) is 120 Å². The molecule has 0 fully saturated rings. The van der Waals surface area contributed by atoms with Gasteiger partial charge in [0.15, 0.2) is 11.8 Å². The second-order valence-electron chi connectivity index (χ2n) is 12.2. The van der Waals surface area contributed by atoms with Crippen molar-refractivity contribution in [2.45, 2.75) is 109 Å². The van der Waals surface area contributed by atoms with Crippen molar-refractivity contribution in [3.05, 3.63) is 47.6 Å². The molecule has 0 saturated heterocycles. The second kappa shape index (κ2) is 23.4. The van der Waals surface area contributed by atoms with Gasteiger partial charge in [-0.3, -0.25) is 10.1 Å². The minimum atomic E-state index is -1.59. The molecule has 14 heteroatoms. The van der Waals surface area contributed by atoms with Gasteiger partial charge in [-0.2, -0.15) is 0 Å². The van der Waals surface area contributed by atoms with Crippen molar-refractivity contribution in [3.63, 3.8) is 0 Å². The number of hydrogen-bond acceptors (Lipinski definition) is 9. The van der Waals surface area contributed by atoms with Crippen LogP contribution in [0.15, 0.2) is 47.2 Å². The first-order chi connectivity index (χ1) is 23.7. The molecule has 276 valence electrons. The molecule has 1 amide bonds. The average molecular weight is 945 g/mol. The Morgan fingerprint density at radius 2 is 1.61 bits per heavy atom. The lowest BCUT2D eigenvalue weighted by Gasteiger charge is -2.27. The quantitative estimate of drug-likeness (QED) is 0.0696. The summed E-state index contributed by atoms with van der Waals surface area (Å²) in [6.07, 6.45) is 16.1. The number of nitrogens with one attached hydrogen (secondary N) is 2. The number of carbonyl (C=O) groups is 1. The smallest absolute Gasteiger partial charge is 0.311 e. The number of carbonyl (C=O) groups excluding carboxylic acids is 1. The highest BCUT2D eigenvalue weighted by Gasteiger charge is 2.54. The third-order valence-electron chi connectivity index (χ3n) is 8.24. The molecule has 0 bridgehead atoms. The summed E-state index contributed by atoms with van der Waals surface area (Å²) >= 11 is 14.0. The second-order valence-corrected chi connectivity index (χ2v) is 15.7. The van der Waals surface area contributed by atoms with Crippen molar-refractivity contribution in [2.75, 3.05) is 40.1 Å². The molecule has 1 spiro atoms. The fourth-order valence-electron chi connectivity index (χ4n) is 5.45. The fourth-order valence-corrected chi connectivity index (χ4v) is 8.48. The van der Waals surface area contributed by atoms with Crippen LogP contribution in [0.1, 0.15) is 96.0 Å². The number of allylic oxidation sites excluding steroid dienone is 1. The van der Waals surface area contributed by atoms with Crippen LogP contribution in [-0.2, 0) is 30.3 Å². The Bertz CT molecular complexity index is 1260. The summed E-state index contributed by atoms with van der Waals surface area (Å²) in [5, 5.41) is 20.9. The molecule has 0 radical (unpaired) electrons. The molecule has 0 saturated carbocycles. The van der Waals surface area contributed by atoms with E-state index in [4.69, 9.17) is 23.8 Å². The summed E-state index contributed by atoms with van der Waals surface area (Å²) in [6, 6.07) is 4.11. The van der Waals surface area contributed by atoms with Crippen LogP contribution in [0, 0.1) is 0 Å². The monoisotopic (exact) mass is 941 g/mol. The van der Waals surface area contributed by atoms with Gasteiger partial charge in [-0.15, -0.1) is 0 Å². The van der Waals surface area contributed by atoms with Crippen LogP contribution in [-0.4, -0.2) is 68.8 Å². The lowest BCUT2D eigenvalue weighted by atomic mass is 10.0. The number of aliphatic hydroxyl groups is 1. The molecule has 0 aliphatic carbocycles. The molecule has 1 aromatic rings. The summed E-state index contributed by atoms with van der Waals surface area (Å²) in [7, 11) is 1.51. The Labute approximate surface area is 325 Å². The lowest BCUT2D eigenvalue weighted by molar-refractivity contribution is -0.225. The molecule has 10 nitrogen and oxygen atoms in total. The van der Waals surface area contributed by atoms with Crippen LogP contribution in [0.4, 0.5) is 0 Å². The number of aliphatic hydroxyl groups excluding tert-OH is 1. The van der Waals surface area contributed by atoms with Crippen molar-refractivity contribution >= 4 is 75.3 Å². The number of ether oxygens (including phenoxy) is 4. The zero-order chi connectivity index (χ0) is 35.5. The highest BCUT2D eigenvalue weighted by atomic mass is 79.9. The van der Waals surface area contributed by atoms with Gasteiger partial charge in [0, 0.05) is 24.2 Å². The summed E-state index contributed by atoms with van der Waals surface area (Å²) in [5.41, 5.74) is 0.992. The van der Waals surface area contributed by atoms with Gasteiger partial charge < -0.3 is 34.2 Å². The Morgan fingerprint density at radius 3 is 2.27 bits per heavy atom. The zero-order valence-electron chi connectivity index (χ0n) is 28.6. The molecule has 49 heavy (non-hydrogen) atoms. The van der Waals surface area contributed by atoms with E-state index in [1.54, 1.807) is 0 Å². The van der Waals surface area contributed by atoms with Crippen LogP contribution in [0.2, 0.25) is 0 Å². The third kappa shape index (κ3) is 14.1. The Balaban J connectivity index is 1.25. The molecule has 3 rings (SSSR count). The first kappa shape index (κ1) is 42.3. The van der Waals surface area contributed by atoms with Gasteiger partial charge in [-0.25, -0.2) is 0 Å². The van der Waals surface area contributed by atoms with Crippen molar-refractivity contribution in [3.8, 4) is 5.75 Å². The number of unbranched alkanes of at least 4 members (excludes halogenated alkanes) is 10. The number of methoxy groups -OCH3 is 1. The fraction of sp³-hybridized carbons (Fsp3) is 0.657. The molecular weight excluding hydrogens is 894 g/mol. The zero-order valence-corrected chi connectivity index (χ0v) is 34.9. The summed E-state index contributed by atoms with van der Waals surface area (Å²) in [4.78, 5) is 18.2. The van der Waals surface area contributed by atoms with Crippen LogP contribution in [0.3, 0.4) is 0 Å². The van der Waals surface area contributed by atoms with Crippen LogP contribution in [0.5, 0.6) is 5.75 Å². The molecule has 3 N–H and O–H groups in total. The Kier molecular flexibility index (Phi) is 20.2. The standard InChI is InChI=1S/C35H51Br4N3O7/c1-3-4-5-6-7-8-9-10-11-12-13-18-46-24-40-17-15-25-20-26(36)32(27(37)21-25)47-19-14-16-41-34(44)30-33(43)35(49-42-30)22-28(38)31(45-2)29(39)23-48-35/h20-21,23,33,40,43H,3-19,22,24H2,1-2H3,(H,41,44). The maximum Gasteiger partial charge on any atom is 0.311 e. The van der Waals surface area contributed by atoms with Gasteiger partial charge in [0.2, 0.25) is 0 Å². The molecule has 2 heterocycles. The number of hydrogen-bond donors (Lipinski definition) is 3.